The van der Waals surface area contributed by atoms with E-state index in [4.69, 9.17) is 4.74 Å². The van der Waals surface area contributed by atoms with Crippen LogP contribution in [0.25, 0.3) is 5.57 Å². The molecule has 0 spiro atoms. The fourth-order valence-electron chi connectivity index (χ4n) is 2.17. The van der Waals surface area contributed by atoms with Gasteiger partial charge in [0.25, 0.3) is 0 Å². The Morgan fingerprint density at radius 3 is 2.61 bits per heavy atom. The van der Waals surface area contributed by atoms with Crippen molar-refractivity contribution in [2.24, 2.45) is 0 Å². The van der Waals surface area contributed by atoms with Crippen LogP contribution in [0.15, 0.2) is 54.8 Å². The quantitative estimate of drug-likeness (QED) is 0.580. The predicted octanol–water partition coefficient (Wildman–Crippen LogP) is 4.32. The summed E-state index contributed by atoms with van der Waals surface area (Å²) in [5, 5.41) is 3.31. The highest BCUT2D eigenvalue weighted by atomic mass is 32.1. The summed E-state index contributed by atoms with van der Waals surface area (Å²) in [7, 11) is 1.67. The number of methoxy groups -OCH3 is 1. The minimum Gasteiger partial charge on any atom is -0.497 e. The molecule has 2 rings (SSSR count). The lowest BCUT2D eigenvalue weighted by Crippen LogP contribution is -2.14. The molecule has 0 amide bonds. The zero-order valence-electron chi connectivity index (χ0n) is 13.5. The van der Waals surface area contributed by atoms with E-state index < -0.39 is 0 Å². The van der Waals surface area contributed by atoms with Gasteiger partial charge >= 0.3 is 0 Å². The standard InChI is InChI=1S/C19H21NO2S/c1-14(19-9-8-18(13-21)23-19)12-15(2)20-11-10-16-4-6-17(22-3)7-5-16/h4-9,12-13,20H,2,10-11H2,1,3H3/b14-12+. The molecule has 0 saturated carbocycles. The van der Waals surface area contributed by atoms with Gasteiger partial charge in [0.15, 0.2) is 6.29 Å². The van der Waals surface area contributed by atoms with Gasteiger partial charge in [0.05, 0.1) is 12.0 Å². The third kappa shape index (κ3) is 5.11. The molecule has 0 aliphatic heterocycles. The van der Waals surface area contributed by atoms with Crippen LogP contribution in [0.2, 0.25) is 0 Å². The van der Waals surface area contributed by atoms with Gasteiger partial charge in [-0.05, 0) is 54.8 Å². The highest BCUT2D eigenvalue weighted by Gasteiger charge is 2.02. The fourth-order valence-corrected chi connectivity index (χ4v) is 2.97. The van der Waals surface area contributed by atoms with Crippen LogP contribution >= 0.6 is 11.3 Å². The molecule has 0 bridgehead atoms. The maximum atomic E-state index is 10.7. The van der Waals surface area contributed by atoms with Crippen LogP contribution in [-0.2, 0) is 6.42 Å². The number of thiophene rings is 1. The molecule has 0 aliphatic rings. The molecule has 1 heterocycles. The molecule has 1 aromatic carbocycles. The highest BCUT2D eigenvalue weighted by Crippen LogP contribution is 2.23. The van der Waals surface area contributed by atoms with Crippen LogP contribution in [0, 0.1) is 0 Å². The first kappa shape index (κ1) is 17.0. The van der Waals surface area contributed by atoms with Gasteiger partial charge in [0.1, 0.15) is 5.75 Å². The first-order valence-electron chi connectivity index (χ1n) is 7.42. The molecule has 0 atom stereocenters. The van der Waals surface area contributed by atoms with E-state index in [-0.39, 0.29) is 0 Å². The van der Waals surface area contributed by atoms with Crippen molar-refractivity contribution in [3.8, 4) is 5.75 Å². The van der Waals surface area contributed by atoms with Gasteiger partial charge < -0.3 is 10.1 Å². The number of hydrogen-bond acceptors (Lipinski definition) is 4. The number of rotatable bonds is 8. The van der Waals surface area contributed by atoms with Gasteiger partial charge in [-0.3, -0.25) is 4.79 Å². The molecular weight excluding hydrogens is 306 g/mol. The van der Waals surface area contributed by atoms with E-state index in [1.54, 1.807) is 7.11 Å². The Bertz CT molecular complexity index is 698. The van der Waals surface area contributed by atoms with Gasteiger partial charge in [0.2, 0.25) is 0 Å². The summed E-state index contributed by atoms with van der Waals surface area (Å²) >= 11 is 1.49. The van der Waals surface area contributed by atoms with Gasteiger partial charge in [0, 0.05) is 17.1 Å². The van der Waals surface area contributed by atoms with Crippen molar-refractivity contribution in [3.05, 3.63) is 70.1 Å². The highest BCUT2D eigenvalue weighted by molar-refractivity contribution is 7.14. The molecule has 0 unspecified atom stereocenters. The summed E-state index contributed by atoms with van der Waals surface area (Å²) in [4.78, 5) is 12.6. The maximum Gasteiger partial charge on any atom is 0.160 e. The topological polar surface area (TPSA) is 38.3 Å². The summed E-state index contributed by atoms with van der Waals surface area (Å²) < 4.78 is 5.15. The molecule has 1 aromatic heterocycles. The molecule has 3 nitrogen and oxygen atoms in total. The molecule has 2 aromatic rings. The average Bonchev–Trinajstić information content (AvgIpc) is 3.04. The second-order valence-corrected chi connectivity index (χ2v) is 6.31. The number of nitrogens with one attached hydrogen (secondary N) is 1. The predicted molar refractivity (Wildman–Crippen MR) is 97.2 cm³/mol. The second kappa shape index (κ2) is 8.34. The lowest BCUT2D eigenvalue weighted by Gasteiger charge is -2.08. The minimum atomic E-state index is 0.742. The van der Waals surface area contributed by atoms with Crippen molar-refractivity contribution in [2.45, 2.75) is 13.3 Å². The summed E-state index contributed by atoms with van der Waals surface area (Å²) in [6.45, 7) is 6.88. The molecule has 0 radical (unpaired) electrons. The molecule has 4 heteroatoms. The maximum absolute atomic E-state index is 10.7. The van der Waals surface area contributed by atoms with E-state index in [0.717, 1.165) is 46.0 Å². The molecule has 0 aliphatic carbocycles. The number of carbonyl (C=O) groups excluding carboxylic acids is 1. The van der Waals surface area contributed by atoms with E-state index in [9.17, 15) is 4.79 Å². The third-order valence-corrected chi connectivity index (χ3v) is 4.59. The van der Waals surface area contributed by atoms with Crippen LogP contribution in [0.4, 0.5) is 0 Å². The van der Waals surface area contributed by atoms with E-state index in [1.807, 2.05) is 37.3 Å². The minimum absolute atomic E-state index is 0.742. The second-order valence-electron chi connectivity index (χ2n) is 5.20. The Kier molecular flexibility index (Phi) is 6.18. The molecule has 0 saturated heterocycles. The van der Waals surface area contributed by atoms with Crippen molar-refractivity contribution in [3.63, 3.8) is 0 Å². The molecular formula is C19H21NO2S. The Balaban J connectivity index is 1.83. The first-order chi connectivity index (χ1) is 11.1. The Hall–Kier alpha value is -2.33. The summed E-state index contributed by atoms with van der Waals surface area (Å²) in [6, 6.07) is 11.9. The first-order valence-corrected chi connectivity index (χ1v) is 8.23. The summed E-state index contributed by atoms with van der Waals surface area (Å²) in [5.74, 6) is 0.871. The number of hydrogen-bond donors (Lipinski definition) is 1. The van der Waals surface area contributed by atoms with Gasteiger partial charge in [-0.2, -0.15) is 0 Å². The van der Waals surface area contributed by atoms with Crippen molar-refractivity contribution in [2.75, 3.05) is 13.7 Å². The van der Waals surface area contributed by atoms with Crippen molar-refractivity contribution >= 4 is 23.2 Å². The lowest BCUT2D eigenvalue weighted by molar-refractivity contribution is 0.112. The number of carbonyl (C=O) groups is 1. The fraction of sp³-hybridized carbons (Fsp3) is 0.211. The molecule has 23 heavy (non-hydrogen) atoms. The van der Waals surface area contributed by atoms with Gasteiger partial charge in [-0.25, -0.2) is 0 Å². The lowest BCUT2D eigenvalue weighted by atomic mass is 10.1. The monoisotopic (exact) mass is 327 g/mol. The van der Waals surface area contributed by atoms with E-state index in [0.29, 0.717) is 0 Å². The normalized spacial score (nSPS) is 11.1. The van der Waals surface area contributed by atoms with Crippen molar-refractivity contribution in [1.82, 2.24) is 5.32 Å². The van der Waals surface area contributed by atoms with Crippen LogP contribution in [0.5, 0.6) is 5.75 Å². The van der Waals surface area contributed by atoms with E-state index in [2.05, 4.69) is 24.0 Å². The van der Waals surface area contributed by atoms with Gasteiger partial charge in [-0.15, -0.1) is 11.3 Å². The summed E-state index contributed by atoms with van der Waals surface area (Å²) in [5.41, 5.74) is 3.22. The van der Waals surface area contributed by atoms with Crippen molar-refractivity contribution < 1.29 is 9.53 Å². The van der Waals surface area contributed by atoms with Crippen LogP contribution < -0.4 is 10.1 Å². The van der Waals surface area contributed by atoms with Crippen LogP contribution in [0.3, 0.4) is 0 Å². The smallest absolute Gasteiger partial charge is 0.160 e. The van der Waals surface area contributed by atoms with Crippen LogP contribution in [0.1, 0.15) is 27.0 Å². The third-order valence-electron chi connectivity index (χ3n) is 3.45. The zero-order chi connectivity index (χ0) is 16.7. The molecule has 0 fully saturated rings. The van der Waals surface area contributed by atoms with Crippen molar-refractivity contribution in [1.29, 1.82) is 0 Å². The number of ether oxygens (including phenoxy) is 1. The number of benzene rings is 1. The largest absolute Gasteiger partial charge is 0.497 e. The summed E-state index contributed by atoms with van der Waals surface area (Å²) in [6.07, 6.45) is 3.81. The zero-order valence-corrected chi connectivity index (χ0v) is 14.3. The van der Waals surface area contributed by atoms with E-state index in [1.165, 1.54) is 16.9 Å². The number of aldehydes is 1. The average molecular weight is 327 g/mol. The Labute approximate surface area is 141 Å². The van der Waals surface area contributed by atoms with E-state index >= 15 is 0 Å². The molecule has 1 N–H and O–H groups in total. The van der Waals surface area contributed by atoms with Gasteiger partial charge in [-0.1, -0.05) is 18.7 Å². The Morgan fingerprint density at radius 1 is 1.26 bits per heavy atom. The number of allylic oxidation sites excluding steroid dienone is 2. The molecule has 120 valence electrons. The Morgan fingerprint density at radius 2 is 2.00 bits per heavy atom. The van der Waals surface area contributed by atoms with Crippen LogP contribution in [-0.4, -0.2) is 19.9 Å². The SMILES string of the molecule is C=C(/C=C(\C)c1ccc(C=O)s1)NCCc1ccc(OC)cc1.